The zero-order valence-electron chi connectivity index (χ0n) is 57.1. The number of ether oxygens (including phenoxy) is 4. The minimum absolute atomic E-state index is 0. The Kier molecular flexibility index (Phi) is 36.1. The maximum absolute atomic E-state index is 16.7. The molecule has 0 saturated carbocycles. The summed E-state index contributed by atoms with van der Waals surface area (Å²) < 4.78 is 80.6. The van der Waals surface area contributed by atoms with Gasteiger partial charge in [-0.15, -0.1) is 0 Å². The van der Waals surface area contributed by atoms with Gasteiger partial charge in [-0.3, -0.25) is 34.5 Å². The SMILES string of the molecule is C.C.O=C(O)/C=C/CF.S.S.S.S.S.S.[C-]#[N+]C[C@@H]1CCCN(c2nc(OCCCN3C[C@@H]4C[C@H]3CO4)nc3c(F)c(-c4cncc5cccc(C)c45)ncc23)C1.[C-]#[N+]C[C@H]1CN(c2nc(OCCCN3C[C@@H]4C[C@H]3CO4)nc3c(F)c(-c4cncc5cccc(C)c45)ncc23)CCN1C(=O)/C=C/CF. The average molecular weight is 1560 g/mol. The number of aromatic nitrogens is 8. The minimum Gasteiger partial charge on any atom is -0.478 e. The van der Waals surface area contributed by atoms with Crippen molar-refractivity contribution >= 4 is 148 Å². The van der Waals surface area contributed by atoms with Crippen LogP contribution in [0.3, 0.4) is 0 Å². The molecular formula is C73H95F4N15O7S6. The van der Waals surface area contributed by atoms with E-state index in [1.165, 1.54) is 6.08 Å². The third-order valence-electron chi connectivity index (χ3n) is 18.7. The molecule has 6 aliphatic heterocycles. The van der Waals surface area contributed by atoms with Gasteiger partial charge in [-0.1, -0.05) is 51.3 Å². The van der Waals surface area contributed by atoms with Crippen LogP contribution in [0.15, 0.2) is 97.9 Å². The first kappa shape index (κ1) is 89.9. The zero-order valence-corrected chi connectivity index (χ0v) is 63.1. The Balaban J connectivity index is 0.000000382. The summed E-state index contributed by atoms with van der Waals surface area (Å²) in [6.45, 7) is 26.3. The minimum atomic E-state index is -1.11. The molecule has 22 nitrogen and oxygen atoms in total. The first-order chi connectivity index (χ1) is 47.3. The van der Waals surface area contributed by atoms with Crippen molar-refractivity contribution in [1.29, 1.82) is 0 Å². The predicted octanol–water partition coefficient (Wildman–Crippen LogP) is 12.0. The van der Waals surface area contributed by atoms with E-state index in [-0.39, 0.29) is 162 Å². The Bertz CT molecular complexity index is 4370. The number of halogens is 4. The first-order valence-corrected chi connectivity index (χ1v) is 32.8. The van der Waals surface area contributed by atoms with Crippen molar-refractivity contribution in [3.63, 3.8) is 0 Å². The van der Waals surface area contributed by atoms with Gasteiger partial charge in [0.1, 0.15) is 53.4 Å². The monoisotopic (exact) mass is 1560 g/mol. The molecule has 6 fully saturated rings. The number of pyridine rings is 4. The highest BCUT2D eigenvalue weighted by atomic mass is 32.1. The summed E-state index contributed by atoms with van der Waals surface area (Å²) >= 11 is 0. The van der Waals surface area contributed by atoms with E-state index in [2.05, 4.69) is 54.3 Å². The summed E-state index contributed by atoms with van der Waals surface area (Å²) in [4.78, 5) is 76.7. The second-order valence-corrected chi connectivity index (χ2v) is 25.0. The topological polar surface area (TPSA) is 219 Å². The van der Waals surface area contributed by atoms with E-state index in [0.717, 1.165) is 135 Å². The van der Waals surface area contributed by atoms with E-state index in [4.69, 9.17) is 47.2 Å². The third-order valence-corrected chi connectivity index (χ3v) is 18.7. The molecule has 32 heteroatoms. The molecule has 12 heterocycles. The number of carbonyl (C=O) groups excluding carboxylic acids is 1. The molecule has 1 amide bonds. The van der Waals surface area contributed by atoms with Crippen molar-refractivity contribution in [2.45, 2.75) is 97.6 Å². The number of morpholine rings is 2. The molecule has 0 spiro atoms. The van der Waals surface area contributed by atoms with Crippen LogP contribution in [-0.4, -0.2) is 214 Å². The number of fused-ring (bicyclic) bond motifs is 8. The van der Waals surface area contributed by atoms with E-state index >= 15 is 8.78 Å². The van der Waals surface area contributed by atoms with Gasteiger partial charge in [0.05, 0.1) is 49.4 Å². The number of aryl methyl sites for hydroxylation is 2. The van der Waals surface area contributed by atoms with Gasteiger partial charge in [-0.05, 0) is 86.4 Å². The molecule has 105 heavy (non-hydrogen) atoms. The number of rotatable bonds is 20. The number of carboxylic acid groups (broad SMARTS) is 1. The van der Waals surface area contributed by atoms with Crippen molar-refractivity contribution in [3.05, 3.63) is 143 Å². The maximum Gasteiger partial charge on any atom is 0.328 e. The highest BCUT2D eigenvalue weighted by Gasteiger charge is 2.40. The summed E-state index contributed by atoms with van der Waals surface area (Å²) in [7, 11) is 0. The van der Waals surface area contributed by atoms with E-state index < -0.39 is 37.0 Å². The molecule has 1 N–H and O–H groups in total. The van der Waals surface area contributed by atoms with E-state index in [1.807, 2.05) is 55.1 Å². The number of amides is 1. The second kappa shape index (κ2) is 42.2. The molecule has 568 valence electrons. The third kappa shape index (κ3) is 20.8. The summed E-state index contributed by atoms with van der Waals surface area (Å²) in [5.41, 5.74) is 3.76. The molecule has 14 rings (SSSR count). The molecule has 6 atom stereocenters. The number of benzene rings is 2. The quantitative estimate of drug-likeness (QED) is 0.0324. The van der Waals surface area contributed by atoms with Crippen LogP contribution in [0.2, 0.25) is 0 Å². The molecule has 0 unspecified atom stereocenters. The highest BCUT2D eigenvalue weighted by Crippen LogP contribution is 2.39. The summed E-state index contributed by atoms with van der Waals surface area (Å²) in [5, 5.41) is 12.3. The molecule has 4 bridgehead atoms. The number of alkyl halides is 2. The number of anilines is 2. The average Bonchev–Trinajstić information content (AvgIpc) is 1.48. The smallest absolute Gasteiger partial charge is 0.328 e. The van der Waals surface area contributed by atoms with E-state index in [1.54, 1.807) is 42.1 Å². The largest absolute Gasteiger partial charge is 0.478 e. The summed E-state index contributed by atoms with van der Waals surface area (Å²) in [5.74, 6) is -1.33. The van der Waals surface area contributed by atoms with Crippen molar-refractivity contribution in [2.75, 3.05) is 122 Å². The number of likely N-dealkylation sites (tertiary alicyclic amines) is 2. The molecule has 6 aliphatic rings. The lowest BCUT2D eigenvalue weighted by Crippen LogP contribution is -2.56. The van der Waals surface area contributed by atoms with Crippen LogP contribution >= 0.6 is 81.0 Å². The van der Waals surface area contributed by atoms with Crippen molar-refractivity contribution < 1.29 is 51.2 Å². The number of carboxylic acids is 1. The second-order valence-electron chi connectivity index (χ2n) is 25.0. The number of piperidine rings is 1. The number of hydrogen-bond acceptors (Lipinski definition) is 18. The Morgan fingerprint density at radius 2 is 1.11 bits per heavy atom. The molecule has 0 radical (unpaired) electrons. The van der Waals surface area contributed by atoms with Crippen LogP contribution in [0.4, 0.5) is 29.2 Å². The number of aliphatic carboxylic acids is 1. The van der Waals surface area contributed by atoms with Gasteiger partial charge in [0, 0.05) is 148 Å². The Morgan fingerprint density at radius 3 is 1.55 bits per heavy atom. The van der Waals surface area contributed by atoms with Crippen molar-refractivity contribution in [1.82, 2.24) is 54.6 Å². The molecule has 6 saturated heterocycles. The molecule has 0 aliphatic carbocycles. The van der Waals surface area contributed by atoms with Gasteiger partial charge in [0.15, 0.2) is 11.6 Å². The van der Waals surface area contributed by atoms with Crippen LogP contribution in [0.1, 0.15) is 64.5 Å². The van der Waals surface area contributed by atoms with Crippen LogP contribution in [0.25, 0.3) is 75.6 Å². The highest BCUT2D eigenvalue weighted by molar-refractivity contribution is 7.60. The van der Waals surface area contributed by atoms with Gasteiger partial charge >= 0.3 is 18.0 Å². The fourth-order valence-corrected chi connectivity index (χ4v) is 14.1. The van der Waals surface area contributed by atoms with Crippen LogP contribution in [0.5, 0.6) is 12.0 Å². The number of piperazine rings is 1. The van der Waals surface area contributed by atoms with Crippen LogP contribution in [-0.2, 0) is 19.1 Å². The van der Waals surface area contributed by atoms with Gasteiger partial charge in [-0.25, -0.2) is 35.5 Å². The van der Waals surface area contributed by atoms with Crippen LogP contribution < -0.4 is 19.3 Å². The number of hydrogen-bond donors (Lipinski definition) is 1. The standard InChI is InChI=1S/C35H36F2N8O3.C32H34FN7O2.C4H5FO2.2CH4.6H2S/c1-22-6-3-7-23-15-39-17-27(30(22)23)32-31(37)33-28(18-40-32)34(44-11-12-45(25(19-44)16-38-2)29(46)8-4-9-36)42-35(41-33)47-13-5-10-43-20-26-14-24(43)21-48-26;1-20-6-3-8-22-14-35-15-25(27(20)22)29-28(33)30-26(16-36-29)31(40-9-4-7-21(17-40)13-34-2)38-32(37-30)41-11-5-10-39-18-24-12-23(39)19-42-24;5-3-1-2-4(6)7;;;;;;;;/h3-4,6-8,15,17-18,24-26H,5,9-14,16,19-21H2,1H3;3,6,8,14-16,21,23-24H,4-5,7,9-13,17-19H2,1H3;1-2H,3H2,(H,6,7);2*1H4;6*1H2/b8-4+;;2-1+;;;;;;;;/t24-,25-,26-;21-,23-,24-;;;;;;;;;/m00........./s1. The maximum atomic E-state index is 16.7. The zero-order chi connectivity index (χ0) is 67.5. The Hall–Kier alpha value is -7.50. The summed E-state index contributed by atoms with van der Waals surface area (Å²) in [6.07, 6.45) is 20.5. The van der Waals surface area contributed by atoms with Crippen molar-refractivity contribution in [2.24, 2.45) is 5.92 Å². The molecule has 6 aromatic heterocycles. The molecule has 2 aromatic carbocycles. The number of nitrogens with zero attached hydrogens (tertiary/aromatic N) is 15. The van der Waals surface area contributed by atoms with Gasteiger partial charge in [0.2, 0.25) is 19.0 Å². The Morgan fingerprint density at radius 1 is 0.629 bits per heavy atom. The van der Waals surface area contributed by atoms with Gasteiger partial charge in [-0.2, -0.15) is 101 Å². The number of carbonyl (C=O) groups is 2. The van der Waals surface area contributed by atoms with E-state index in [0.29, 0.717) is 90.7 Å². The fraction of sp³-hybridized carbons (Fsp3) is 0.452. The lowest BCUT2D eigenvalue weighted by atomic mass is 9.98. The predicted molar refractivity (Wildman–Crippen MR) is 434 cm³/mol. The molecule has 8 aromatic rings. The van der Waals surface area contributed by atoms with Crippen LogP contribution in [0, 0.1) is 44.5 Å². The Labute approximate surface area is 652 Å². The summed E-state index contributed by atoms with van der Waals surface area (Å²) in [6, 6.07) is 12.5. The van der Waals surface area contributed by atoms with Crippen molar-refractivity contribution in [3.8, 4) is 34.5 Å². The number of allylic oxidation sites excluding steroid dienone is 2. The first-order valence-electron chi connectivity index (χ1n) is 32.8. The lowest BCUT2D eigenvalue weighted by molar-refractivity contribution is -0.131. The fourth-order valence-electron chi connectivity index (χ4n) is 14.1. The lowest BCUT2D eigenvalue weighted by Gasteiger charge is -2.39. The van der Waals surface area contributed by atoms with Gasteiger partial charge in [0.25, 0.3) is 0 Å². The van der Waals surface area contributed by atoms with Gasteiger partial charge < -0.3 is 48.4 Å². The normalized spacial score (nSPS) is 19.2. The van der Waals surface area contributed by atoms with E-state index in [9.17, 15) is 18.4 Å². The molecular weight excluding hydrogens is 1470 g/mol.